The molecule has 3 N–H and O–H groups in total. The van der Waals surface area contributed by atoms with Crippen LogP contribution in [-0.2, 0) is 4.74 Å². The van der Waals surface area contributed by atoms with Crippen LogP contribution < -0.4 is 5.73 Å². The molecule has 0 radical (unpaired) electrons. The highest BCUT2D eigenvalue weighted by molar-refractivity contribution is 5.62. The van der Waals surface area contributed by atoms with E-state index in [1.807, 2.05) is 43.3 Å². The smallest absolute Gasteiger partial charge is 0.239 e. The van der Waals surface area contributed by atoms with Crippen molar-refractivity contribution in [3.05, 3.63) is 42.0 Å². The van der Waals surface area contributed by atoms with Crippen molar-refractivity contribution in [3.8, 4) is 22.9 Å². The molecule has 6 nitrogen and oxygen atoms in total. The number of aromatic nitrogens is 3. The Morgan fingerprint density at radius 1 is 1.14 bits per heavy atom. The molecule has 6 heteroatoms. The summed E-state index contributed by atoms with van der Waals surface area (Å²) in [6.45, 7) is 2.01. The lowest BCUT2D eigenvalue weighted by Gasteiger charge is -2.09. The number of methoxy groups -OCH3 is 1. The Morgan fingerprint density at radius 2 is 1.86 bits per heavy atom. The van der Waals surface area contributed by atoms with Gasteiger partial charge in [0.25, 0.3) is 0 Å². The fraction of sp³-hybridized carbons (Fsp3) is 0.200. The molecule has 0 bridgehead atoms. The number of benzene rings is 1. The van der Waals surface area contributed by atoms with Gasteiger partial charge in [-0.15, -0.1) is 5.10 Å². The predicted molar refractivity (Wildman–Crippen MR) is 79.4 cm³/mol. The Labute approximate surface area is 122 Å². The van der Waals surface area contributed by atoms with Crippen LogP contribution in [0.3, 0.4) is 0 Å². The van der Waals surface area contributed by atoms with E-state index in [1.165, 1.54) is 0 Å². The monoisotopic (exact) mass is 284 g/mol. The standard InChI is InChI=1S/C15H16N4O2/c1-9(20-2)10-3-5-11(6-4-10)12-7-8-13(21-12)14-17-15(16)19-18-14/h3-9H,1-2H3,(H3,16,17,18,19). The first-order chi connectivity index (χ1) is 10.2. The van der Waals surface area contributed by atoms with Crippen LogP contribution in [-0.4, -0.2) is 22.3 Å². The molecule has 2 aromatic heterocycles. The minimum absolute atomic E-state index is 0.0726. The number of hydrogen-bond donors (Lipinski definition) is 2. The number of anilines is 1. The van der Waals surface area contributed by atoms with Gasteiger partial charge in [-0.1, -0.05) is 24.3 Å². The summed E-state index contributed by atoms with van der Waals surface area (Å²) >= 11 is 0. The first-order valence-electron chi connectivity index (χ1n) is 6.58. The molecule has 0 saturated carbocycles. The van der Waals surface area contributed by atoms with Crippen LogP contribution in [0.15, 0.2) is 40.8 Å². The Hall–Kier alpha value is -2.60. The molecule has 3 aromatic rings. The van der Waals surface area contributed by atoms with Crippen LogP contribution in [0.2, 0.25) is 0 Å². The fourth-order valence-corrected chi connectivity index (χ4v) is 2.06. The maximum absolute atomic E-state index is 5.78. The van der Waals surface area contributed by atoms with Gasteiger partial charge in [-0.2, -0.15) is 4.98 Å². The zero-order valence-corrected chi connectivity index (χ0v) is 11.8. The van der Waals surface area contributed by atoms with E-state index in [-0.39, 0.29) is 12.1 Å². The van der Waals surface area contributed by atoms with Crippen molar-refractivity contribution in [3.63, 3.8) is 0 Å². The summed E-state index contributed by atoms with van der Waals surface area (Å²) in [7, 11) is 1.69. The van der Waals surface area contributed by atoms with Crippen LogP contribution in [0.25, 0.3) is 22.9 Å². The van der Waals surface area contributed by atoms with Crippen molar-refractivity contribution < 1.29 is 9.15 Å². The van der Waals surface area contributed by atoms with E-state index < -0.39 is 0 Å². The van der Waals surface area contributed by atoms with E-state index in [0.29, 0.717) is 11.6 Å². The number of H-pyrrole nitrogens is 1. The van der Waals surface area contributed by atoms with Crippen LogP contribution in [0, 0.1) is 0 Å². The molecule has 1 unspecified atom stereocenters. The molecule has 1 aromatic carbocycles. The molecule has 0 aliphatic carbocycles. The highest BCUT2D eigenvalue weighted by Crippen LogP contribution is 2.28. The summed E-state index contributed by atoms with van der Waals surface area (Å²) in [6, 6.07) is 11.8. The van der Waals surface area contributed by atoms with Gasteiger partial charge in [0.05, 0.1) is 6.10 Å². The third-order valence-corrected chi connectivity index (χ3v) is 3.36. The summed E-state index contributed by atoms with van der Waals surface area (Å²) in [4.78, 5) is 4.04. The van der Waals surface area contributed by atoms with E-state index in [1.54, 1.807) is 7.11 Å². The lowest BCUT2D eigenvalue weighted by Crippen LogP contribution is -1.94. The van der Waals surface area contributed by atoms with Crippen LogP contribution in [0.4, 0.5) is 5.95 Å². The number of rotatable bonds is 4. The number of nitrogens with zero attached hydrogens (tertiary/aromatic N) is 2. The second kappa shape index (κ2) is 5.41. The Bertz CT molecular complexity index is 730. The number of nitrogens with two attached hydrogens (primary N) is 1. The zero-order valence-electron chi connectivity index (χ0n) is 11.8. The molecule has 0 aliphatic heterocycles. The highest BCUT2D eigenvalue weighted by atomic mass is 16.5. The van der Waals surface area contributed by atoms with Crippen molar-refractivity contribution in [1.29, 1.82) is 0 Å². The highest BCUT2D eigenvalue weighted by Gasteiger charge is 2.11. The van der Waals surface area contributed by atoms with E-state index >= 15 is 0 Å². The Kier molecular flexibility index (Phi) is 3.45. The summed E-state index contributed by atoms with van der Waals surface area (Å²) < 4.78 is 11.1. The minimum Gasteiger partial charge on any atom is -0.453 e. The summed E-state index contributed by atoms with van der Waals surface area (Å²) in [5, 5.41) is 6.50. The molecule has 3 rings (SSSR count). The molecule has 0 fully saturated rings. The summed E-state index contributed by atoms with van der Waals surface area (Å²) in [5.74, 6) is 2.07. The van der Waals surface area contributed by atoms with E-state index in [9.17, 15) is 0 Å². The lowest BCUT2D eigenvalue weighted by molar-refractivity contribution is 0.119. The van der Waals surface area contributed by atoms with Gasteiger partial charge in [0.15, 0.2) is 11.6 Å². The summed E-state index contributed by atoms with van der Waals surface area (Å²) in [5.41, 5.74) is 7.59. The number of nitrogen functional groups attached to an aromatic ring is 1. The maximum atomic E-state index is 5.78. The van der Waals surface area contributed by atoms with Gasteiger partial charge in [0.2, 0.25) is 5.95 Å². The van der Waals surface area contributed by atoms with Gasteiger partial charge in [-0.25, -0.2) is 0 Å². The molecular weight excluding hydrogens is 268 g/mol. The molecule has 0 spiro atoms. The van der Waals surface area contributed by atoms with Crippen LogP contribution in [0.5, 0.6) is 0 Å². The van der Waals surface area contributed by atoms with Crippen molar-refractivity contribution in [2.24, 2.45) is 0 Å². The van der Waals surface area contributed by atoms with E-state index in [4.69, 9.17) is 14.9 Å². The molecule has 0 amide bonds. The van der Waals surface area contributed by atoms with Gasteiger partial charge < -0.3 is 14.9 Å². The van der Waals surface area contributed by atoms with Crippen molar-refractivity contribution in [2.75, 3.05) is 12.8 Å². The molecule has 1 atom stereocenters. The predicted octanol–water partition coefficient (Wildman–Crippen LogP) is 3.02. The molecular formula is C15H16N4O2. The molecule has 2 heterocycles. The molecule has 0 aliphatic rings. The molecule has 0 saturated heterocycles. The van der Waals surface area contributed by atoms with Crippen molar-refractivity contribution >= 4 is 5.95 Å². The van der Waals surface area contributed by atoms with Crippen LogP contribution in [0.1, 0.15) is 18.6 Å². The fourth-order valence-electron chi connectivity index (χ4n) is 2.06. The van der Waals surface area contributed by atoms with Gasteiger partial charge in [0.1, 0.15) is 5.76 Å². The van der Waals surface area contributed by atoms with Gasteiger partial charge in [-0.3, -0.25) is 5.10 Å². The SMILES string of the molecule is COC(C)c1ccc(-c2ccc(-c3nc(N)n[nH]3)o2)cc1. The molecule has 21 heavy (non-hydrogen) atoms. The lowest BCUT2D eigenvalue weighted by atomic mass is 10.1. The number of hydrogen-bond acceptors (Lipinski definition) is 5. The number of furan rings is 1. The topological polar surface area (TPSA) is 90.0 Å². The third-order valence-electron chi connectivity index (χ3n) is 3.36. The van der Waals surface area contributed by atoms with Crippen molar-refractivity contribution in [2.45, 2.75) is 13.0 Å². The third kappa shape index (κ3) is 2.66. The van der Waals surface area contributed by atoms with E-state index in [0.717, 1.165) is 16.9 Å². The van der Waals surface area contributed by atoms with Crippen LogP contribution >= 0.6 is 0 Å². The first-order valence-corrected chi connectivity index (χ1v) is 6.58. The second-order valence-corrected chi connectivity index (χ2v) is 4.71. The quantitative estimate of drug-likeness (QED) is 0.768. The first kappa shape index (κ1) is 13.4. The van der Waals surface area contributed by atoms with E-state index in [2.05, 4.69) is 15.2 Å². The van der Waals surface area contributed by atoms with Gasteiger partial charge in [-0.05, 0) is 24.6 Å². The molecule has 108 valence electrons. The maximum Gasteiger partial charge on any atom is 0.239 e. The average molecular weight is 284 g/mol. The Morgan fingerprint density at radius 3 is 2.48 bits per heavy atom. The average Bonchev–Trinajstić information content (AvgIpc) is 3.15. The minimum atomic E-state index is 0.0726. The zero-order chi connectivity index (χ0) is 14.8. The normalized spacial score (nSPS) is 12.5. The number of ether oxygens (including phenoxy) is 1. The number of nitrogens with one attached hydrogen (secondary N) is 1. The van der Waals surface area contributed by atoms with Gasteiger partial charge in [0, 0.05) is 12.7 Å². The largest absolute Gasteiger partial charge is 0.453 e. The number of aromatic amines is 1. The Balaban J connectivity index is 1.86. The summed E-state index contributed by atoms with van der Waals surface area (Å²) in [6.07, 6.45) is 0.0726. The van der Waals surface area contributed by atoms with Crippen molar-refractivity contribution in [1.82, 2.24) is 15.2 Å². The second-order valence-electron chi connectivity index (χ2n) is 4.71. The van der Waals surface area contributed by atoms with Gasteiger partial charge >= 0.3 is 0 Å².